The molecule has 0 spiro atoms. The number of carbonyl (C=O) groups is 3. The van der Waals surface area contributed by atoms with Crippen molar-refractivity contribution in [2.45, 2.75) is 33.1 Å². The number of carboxylic acid groups (broad SMARTS) is 1. The van der Waals surface area contributed by atoms with Crippen molar-refractivity contribution in [1.29, 1.82) is 0 Å². The SMILES string of the molecule is CC(=O)OCC/C(C)=C/C(=O)NCCCC(=O)O. The van der Waals surface area contributed by atoms with E-state index in [-0.39, 0.29) is 24.9 Å². The van der Waals surface area contributed by atoms with Crippen molar-refractivity contribution in [2.75, 3.05) is 13.2 Å². The Morgan fingerprint density at radius 1 is 1.22 bits per heavy atom. The summed E-state index contributed by atoms with van der Waals surface area (Å²) in [5.41, 5.74) is 0.798. The van der Waals surface area contributed by atoms with E-state index < -0.39 is 5.97 Å². The maximum atomic E-state index is 11.4. The Kier molecular flexibility index (Phi) is 8.26. The van der Waals surface area contributed by atoms with Crippen LogP contribution in [0.15, 0.2) is 11.6 Å². The van der Waals surface area contributed by atoms with Gasteiger partial charge in [0.25, 0.3) is 0 Å². The summed E-state index contributed by atoms with van der Waals surface area (Å²) >= 11 is 0. The zero-order chi connectivity index (χ0) is 14.0. The van der Waals surface area contributed by atoms with Crippen molar-refractivity contribution in [3.8, 4) is 0 Å². The summed E-state index contributed by atoms with van der Waals surface area (Å²) in [5, 5.41) is 11.0. The van der Waals surface area contributed by atoms with Crippen LogP contribution >= 0.6 is 0 Å². The Morgan fingerprint density at radius 3 is 2.44 bits per heavy atom. The molecular weight excluding hydrogens is 238 g/mol. The fourth-order valence-corrected chi connectivity index (χ4v) is 1.15. The lowest BCUT2D eigenvalue weighted by molar-refractivity contribution is -0.141. The maximum Gasteiger partial charge on any atom is 0.303 e. The molecule has 6 heteroatoms. The van der Waals surface area contributed by atoms with Crippen LogP contribution in [0, 0.1) is 0 Å². The van der Waals surface area contributed by atoms with Gasteiger partial charge in [0.2, 0.25) is 5.91 Å². The lowest BCUT2D eigenvalue weighted by Gasteiger charge is -2.03. The number of carboxylic acids is 1. The smallest absolute Gasteiger partial charge is 0.303 e. The first kappa shape index (κ1) is 16.1. The van der Waals surface area contributed by atoms with Crippen LogP contribution in [-0.2, 0) is 19.1 Å². The zero-order valence-corrected chi connectivity index (χ0v) is 10.7. The Hall–Kier alpha value is -1.85. The van der Waals surface area contributed by atoms with Crippen LogP contribution in [0.2, 0.25) is 0 Å². The number of carbonyl (C=O) groups excluding carboxylic acids is 2. The van der Waals surface area contributed by atoms with E-state index in [9.17, 15) is 14.4 Å². The van der Waals surface area contributed by atoms with Crippen LogP contribution in [0.1, 0.15) is 33.1 Å². The van der Waals surface area contributed by atoms with Gasteiger partial charge in [0.05, 0.1) is 6.61 Å². The van der Waals surface area contributed by atoms with Crippen molar-refractivity contribution >= 4 is 17.8 Å². The van der Waals surface area contributed by atoms with Gasteiger partial charge in [-0.15, -0.1) is 0 Å². The van der Waals surface area contributed by atoms with E-state index in [1.54, 1.807) is 6.92 Å². The molecule has 6 nitrogen and oxygen atoms in total. The number of hydrogen-bond acceptors (Lipinski definition) is 4. The van der Waals surface area contributed by atoms with E-state index >= 15 is 0 Å². The average Bonchev–Trinajstić information content (AvgIpc) is 2.23. The predicted molar refractivity (Wildman–Crippen MR) is 64.9 cm³/mol. The summed E-state index contributed by atoms with van der Waals surface area (Å²) in [4.78, 5) is 32.1. The van der Waals surface area contributed by atoms with Gasteiger partial charge in [-0.25, -0.2) is 0 Å². The highest BCUT2D eigenvalue weighted by atomic mass is 16.5. The standard InChI is InChI=1S/C12H19NO5/c1-9(5-7-18-10(2)14)8-11(15)13-6-3-4-12(16)17/h8H,3-7H2,1-2H3,(H,13,15)(H,16,17)/b9-8+. The van der Waals surface area contributed by atoms with E-state index in [0.29, 0.717) is 19.4 Å². The number of hydrogen-bond donors (Lipinski definition) is 2. The van der Waals surface area contributed by atoms with Crippen LogP contribution in [-0.4, -0.2) is 36.1 Å². The molecule has 0 saturated carbocycles. The maximum absolute atomic E-state index is 11.4. The fourth-order valence-electron chi connectivity index (χ4n) is 1.15. The van der Waals surface area contributed by atoms with E-state index in [1.807, 2.05) is 0 Å². The fraction of sp³-hybridized carbons (Fsp3) is 0.583. The molecule has 0 aromatic rings. The molecule has 0 aromatic heterocycles. The summed E-state index contributed by atoms with van der Waals surface area (Å²) in [6, 6.07) is 0. The van der Waals surface area contributed by atoms with E-state index in [4.69, 9.17) is 9.84 Å². The monoisotopic (exact) mass is 257 g/mol. The van der Waals surface area contributed by atoms with Gasteiger partial charge in [-0.1, -0.05) is 5.57 Å². The molecule has 2 N–H and O–H groups in total. The van der Waals surface area contributed by atoms with Crippen LogP contribution in [0.4, 0.5) is 0 Å². The number of rotatable bonds is 8. The normalized spacial score (nSPS) is 10.9. The molecule has 0 aliphatic rings. The average molecular weight is 257 g/mol. The first-order valence-electron chi connectivity index (χ1n) is 5.72. The third kappa shape index (κ3) is 10.7. The molecule has 0 atom stereocenters. The molecule has 0 aliphatic carbocycles. The second-order valence-electron chi connectivity index (χ2n) is 3.87. The minimum atomic E-state index is -0.877. The van der Waals surface area contributed by atoms with Gasteiger partial charge < -0.3 is 15.2 Å². The lowest BCUT2D eigenvalue weighted by atomic mass is 10.2. The highest BCUT2D eigenvalue weighted by molar-refractivity contribution is 5.88. The van der Waals surface area contributed by atoms with Gasteiger partial charge in [0, 0.05) is 32.4 Å². The predicted octanol–water partition coefficient (Wildman–Crippen LogP) is 0.867. The third-order valence-electron chi connectivity index (χ3n) is 2.05. The first-order valence-corrected chi connectivity index (χ1v) is 5.72. The Bertz CT molecular complexity index is 335. The quantitative estimate of drug-likeness (QED) is 0.382. The highest BCUT2D eigenvalue weighted by Gasteiger charge is 2.01. The highest BCUT2D eigenvalue weighted by Crippen LogP contribution is 2.00. The van der Waals surface area contributed by atoms with Crippen LogP contribution in [0.3, 0.4) is 0 Å². The van der Waals surface area contributed by atoms with Crippen molar-refractivity contribution < 1.29 is 24.2 Å². The second-order valence-corrected chi connectivity index (χ2v) is 3.87. The number of nitrogens with one attached hydrogen (secondary N) is 1. The Labute approximate surface area is 106 Å². The van der Waals surface area contributed by atoms with Crippen molar-refractivity contribution in [1.82, 2.24) is 5.32 Å². The second kappa shape index (κ2) is 9.21. The van der Waals surface area contributed by atoms with E-state index in [1.165, 1.54) is 13.0 Å². The molecule has 0 heterocycles. The van der Waals surface area contributed by atoms with Gasteiger partial charge >= 0.3 is 11.9 Å². The molecule has 0 unspecified atom stereocenters. The zero-order valence-electron chi connectivity index (χ0n) is 10.7. The van der Waals surface area contributed by atoms with Crippen LogP contribution in [0.5, 0.6) is 0 Å². The van der Waals surface area contributed by atoms with Gasteiger partial charge in [-0.05, 0) is 13.3 Å². The molecule has 18 heavy (non-hydrogen) atoms. The molecule has 0 aliphatic heterocycles. The Morgan fingerprint density at radius 2 is 1.89 bits per heavy atom. The Balaban J connectivity index is 3.76. The van der Waals surface area contributed by atoms with E-state index in [0.717, 1.165) is 5.57 Å². The molecule has 0 bridgehead atoms. The summed E-state index contributed by atoms with van der Waals surface area (Å²) < 4.78 is 4.74. The molecule has 0 saturated heterocycles. The number of esters is 1. The van der Waals surface area contributed by atoms with Gasteiger partial charge in [-0.3, -0.25) is 14.4 Å². The van der Waals surface area contributed by atoms with Gasteiger partial charge in [-0.2, -0.15) is 0 Å². The summed E-state index contributed by atoms with van der Waals surface area (Å²) in [6.45, 7) is 3.68. The summed E-state index contributed by atoms with van der Waals surface area (Å²) in [7, 11) is 0. The van der Waals surface area contributed by atoms with E-state index in [2.05, 4.69) is 5.32 Å². The van der Waals surface area contributed by atoms with Crippen molar-refractivity contribution in [3.05, 3.63) is 11.6 Å². The molecule has 0 radical (unpaired) electrons. The van der Waals surface area contributed by atoms with Crippen LogP contribution in [0.25, 0.3) is 0 Å². The number of ether oxygens (including phenoxy) is 1. The molecule has 0 aromatic carbocycles. The minimum Gasteiger partial charge on any atom is -0.481 e. The van der Waals surface area contributed by atoms with Crippen molar-refractivity contribution in [2.24, 2.45) is 0 Å². The lowest BCUT2D eigenvalue weighted by Crippen LogP contribution is -2.23. The number of amides is 1. The minimum absolute atomic E-state index is 0.0371. The van der Waals surface area contributed by atoms with Gasteiger partial charge in [0.15, 0.2) is 0 Å². The summed E-state index contributed by atoms with van der Waals surface area (Å²) in [6.07, 6.45) is 2.36. The third-order valence-corrected chi connectivity index (χ3v) is 2.05. The molecular formula is C12H19NO5. The number of aliphatic carboxylic acids is 1. The molecule has 102 valence electrons. The summed E-state index contributed by atoms with van der Waals surface area (Å²) in [5.74, 6) is -1.49. The van der Waals surface area contributed by atoms with Crippen LogP contribution < -0.4 is 5.32 Å². The largest absolute Gasteiger partial charge is 0.481 e. The molecule has 0 rings (SSSR count). The van der Waals surface area contributed by atoms with Gasteiger partial charge in [0.1, 0.15) is 0 Å². The first-order chi connectivity index (χ1) is 8.41. The molecule has 1 amide bonds. The topological polar surface area (TPSA) is 92.7 Å². The molecule has 0 fully saturated rings. The van der Waals surface area contributed by atoms with Crippen molar-refractivity contribution in [3.63, 3.8) is 0 Å².